The lowest BCUT2D eigenvalue weighted by Crippen LogP contribution is -2.33. The topological polar surface area (TPSA) is 58.4 Å². The van der Waals surface area contributed by atoms with Crippen molar-refractivity contribution in [3.63, 3.8) is 0 Å². The first kappa shape index (κ1) is 15.7. The van der Waals surface area contributed by atoms with Crippen molar-refractivity contribution in [1.29, 1.82) is 0 Å². The third kappa shape index (κ3) is 3.97. The predicted octanol–water partition coefficient (Wildman–Crippen LogP) is 2.36. The van der Waals surface area contributed by atoms with E-state index in [0.717, 1.165) is 24.3 Å². The summed E-state index contributed by atoms with van der Waals surface area (Å²) in [6.07, 6.45) is 0. The molecule has 1 heterocycles. The minimum absolute atomic E-state index is 0.0107. The van der Waals surface area contributed by atoms with Gasteiger partial charge in [-0.15, -0.1) is 0 Å². The number of carbonyl (C=O) groups excluding carboxylic acids is 1. The zero-order chi connectivity index (χ0) is 16.2. The summed E-state index contributed by atoms with van der Waals surface area (Å²) in [6, 6.07) is 18.2. The van der Waals surface area contributed by atoms with Crippen LogP contribution in [0, 0.1) is 6.92 Å². The lowest BCUT2D eigenvalue weighted by molar-refractivity contribution is -0.117. The Kier molecular flexibility index (Phi) is 4.74. The van der Waals surface area contributed by atoms with E-state index in [1.807, 2.05) is 49.4 Å². The monoisotopic (exact) mass is 309 g/mol. The SMILES string of the molecule is Cc1cccc(NC(=O)CN2C[C@@H](N)[C@H](c3ccccc3)C2)c1. The molecule has 0 aliphatic carbocycles. The lowest BCUT2D eigenvalue weighted by Gasteiger charge is -2.16. The van der Waals surface area contributed by atoms with Gasteiger partial charge in [0.25, 0.3) is 0 Å². The Bertz CT molecular complexity index is 671. The van der Waals surface area contributed by atoms with E-state index in [2.05, 4.69) is 22.3 Å². The van der Waals surface area contributed by atoms with Crippen LogP contribution in [-0.2, 0) is 4.79 Å². The molecule has 23 heavy (non-hydrogen) atoms. The van der Waals surface area contributed by atoms with Crippen LogP contribution in [0.5, 0.6) is 0 Å². The van der Waals surface area contributed by atoms with E-state index < -0.39 is 0 Å². The van der Waals surface area contributed by atoms with Crippen molar-refractivity contribution in [1.82, 2.24) is 4.90 Å². The number of likely N-dealkylation sites (tertiary alicyclic amines) is 1. The van der Waals surface area contributed by atoms with Crippen molar-refractivity contribution in [3.8, 4) is 0 Å². The summed E-state index contributed by atoms with van der Waals surface area (Å²) in [5, 5.41) is 2.96. The van der Waals surface area contributed by atoms with E-state index in [0.29, 0.717) is 12.5 Å². The van der Waals surface area contributed by atoms with Crippen LogP contribution in [0.2, 0.25) is 0 Å². The van der Waals surface area contributed by atoms with Crippen molar-refractivity contribution in [2.75, 3.05) is 25.0 Å². The summed E-state index contributed by atoms with van der Waals surface area (Å²) in [5.41, 5.74) is 9.51. The minimum atomic E-state index is 0.0107. The number of benzene rings is 2. The number of nitrogens with zero attached hydrogens (tertiary/aromatic N) is 1. The third-order valence-corrected chi connectivity index (χ3v) is 4.34. The van der Waals surface area contributed by atoms with Crippen molar-refractivity contribution >= 4 is 11.6 Å². The largest absolute Gasteiger partial charge is 0.326 e. The molecule has 3 rings (SSSR count). The second-order valence-corrected chi connectivity index (χ2v) is 6.29. The first-order valence-electron chi connectivity index (χ1n) is 8.01. The summed E-state index contributed by atoms with van der Waals surface area (Å²) in [5.74, 6) is 0.305. The van der Waals surface area contributed by atoms with Crippen LogP contribution in [0.1, 0.15) is 17.0 Å². The van der Waals surface area contributed by atoms with Crippen LogP contribution >= 0.6 is 0 Å². The smallest absolute Gasteiger partial charge is 0.238 e. The van der Waals surface area contributed by atoms with Crippen molar-refractivity contribution in [3.05, 3.63) is 65.7 Å². The Hall–Kier alpha value is -2.17. The van der Waals surface area contributed by atoms with Crippen LogP contribution in [0.15, 0.2) is 54.6 Å². The Balaban J connectivity index is 1.58. The van der Waals surface area contributed by atoms with Gasteiger partial charge in [-0.1, -0.05) is 42.5 Å². The molecule has 120 valence electrons. The summed E-state index contributed by atoms with van der Waals surface area (Å²) in [4.78, 5) is 14.4. The summed E-state index contributed by atoms with van der Waals surface area (Å²) < 4.78 is 0. The van der Waals surface area contributed by atoms with Crippen molar-refractivity contribution in [2.45, 2.75) is 18.9 Å². The molecular weight excluding hydrogens is 286 g/mol. The summed E-state index contributed by atoms with van der Waals surface area (Å²) >= 11 is 0. The van der Waals surface area contributed by atoms with Gasteiger partial charge in [0, 0.05) is 30.7 Å². The molecule has 0 saturated carbocycles. The highest BCUT2D eigenvalue weighted by Gasteiger charge is 2.31. The number of aryl methyl sites for hydroxylation is 1. The highest BCUT2D eigenvalue weighted by atomic mass is 16.2. The maximum atomic E-state index is 12.2. The third-order valence-electron chi connectivity index (χ3n) is 4.34. The highest BCUT2D eigenvalue weighted by molar-refractivity contribution is 5.92. The van der Waals surface area contributed by atoms with Gasteiger partial charge in [-0.05, 0) is 30.2 Å². The van der Waals surface area contributed by atoms with E-state index in [1.165, 1.54) is 5.56 Å². The molecule has 3 N–H and O–H groups in total. The minimum Gasteiger partial charge on any atom is -0.326 e. The number of anilines is 1. The standard InChI is InChI=1S/C19H23N3O/c1-14-6-5-9-16(10-14)21-19(23)13-22-11-17(18(20)12-22)15-7-3-2-4-8-15/h2-10,17-18H,11-13,20H2,1H3,(H,21,23)/t17-,18+/m0/s1. The molecular formula is C19H23N3O. The molecule has 4 nitrogen and oxygen atoms in total. The predicted molar refractivity (Wildman–Crippen MR) is 93.4 cm³/mol. The average Bonchev–Trinajstić information content (AvgIpc) is 2.88. The van der Waals surface area contributed by atoms with E-state index >= 15 is 0 Å². The average molecular weight is 309 g/mol. The molecule has 0 radical (unpaired) electrons. The normalized spacial score (nSPS) is 21.3. The van der Waals surface area contributed by atoms with E-state index in [-0.39, 0.29) is 11.9 Å². The molecule has 1 aliphatic heterocycles. The van der Waals surface area contributed by atoms with E-state index in [9.17, 15) is 4.79 Å². The molecule has 1 amide bonds. The fourth-order valence-electron chi connectivity index (χ4n) is 3.22. The number of rotatable bonds is 4. The van der Waals surface area contributed by atoms with E-state index in [1.54, 1.807) is 0 Å². The van der Waals surface area contributed by atoms with Crippen LogP contribution < -0.4 is 11.1 Å². The molecule has 0 spiro atoms. The molecule has 2 aromatic rings. The van der Waals surface area contributed by atoms with Gasteiger partial charge in [-0.25, -0.2) is 0 Å². The van der Waals surface area contributed by atoms with Crippen LogP contribution in [0.3, 0.4) is 0 Å². The second kappa shape index (κ2) is 6.94. The van der Waals surface area contributed by atoms with Crippen molar-refractivity contribution in [2.24, 2.45) is 5.73 Å². The summed E-state index contributed by atoms with van der Waals surface area (Å²) in [6.45, 7) is 3.97. The molecule has 0 unspecified atom stereocenters. The van der Waals surface area contributed by atoms with Gasteiger partial charge in [0.15, 0.2) is 0 Å². The highest BCUT2D eigenvalue weighted by Crippen LogP contribution is 2.26. The first-order chi connectivity index (χ1) is 11.1. The Morgan fingerprint density at radius 2 is 1.96 bits per heavy atom. The fraction of sp³-hybridized carbons (Fsp3) is 0.316. The molecule has 2 aromatic carbocycles. The van der Waals surface area contributed by atoms with E-state index in [4.69, 9.17) is 5.73 Å². The van der Waals surface area contributed by atoms with Gasteiger partial charge in [-0.2, -0.15) is 0 Å². The van der Waals surface area contributed by atoms with Gasteiger partial charge in [0.2, 0.25) is 5.91 Å². The zero-order valence-corrected chi connectivity index (χ0v) is 13.4. The number of nitrogens with two attached hydrogens (primary N) is 1. The zero-order valence-electron chi connectivity index (χ0n) is 13.4. The lowest BCUT2D eigenvalue weighted by atomic mass is 9.95. The molecule has 1 aliphatic rings. The maximum Gasteiger partial charge on any atom is 0.238 e. The number of nitrogens with one attached hydrogen (secondary N) is 1. The quantitative estimate of drug-likeness (QED) is 0.911. The van der Waals surface area contributed by atoms with Gasteiger partial charge >= 0.3 is 0 Å². The molecule has 0 aromatic heterocycles. The van der Waals surface area contributed by atoms with Gasteiger partial charge < -0.3 is 11.1 Å². The van der Waals surface area contributed by atoms with Crippen molar-refractivity contribution < 1.29 is 4.79 Å². The molecule has 0 bridgehead atoms. The Morgan fingerprint density at radius 3 is 2.70 bits per heavy atom. The Labute approximate surface area is 137 Å². The molecule has 2 atom stereocenters. The molecule has 4 heteroatoms. The van der Waals surface area contributed by atoms with Gasteiger partial charge in [-0.3, -0.25) is 9.69 Å². The van der Waals surface area contributed by atoms with Crippen LogP contribution in [0.25, 0.3) is 0 Å². The molecule has 1 fully saturated rings. The number of amides is 1. The summed E-state index contributed by atoms with van der Waals surface area (Å²) in [7, 11) is 0. The number of hydrogen-bond donors (Lipinski definition) is 2. The second-order valence-electron chi connectivity index (χ2n) is 6.29. The molecule has 1 saturated heterocycles. The van der Waals surface area contributed by atoms with Gasteiger partial charge in [0.05, 0.1) is 6.54 Å². The van der Waals surface area contributed by atoms with Crippen LogP contribution in [-0.4, -0.2) is 36.5 Å². The Morgan fingerprint density at radius 1 is 1.17 bits per heavy atom. The van der Waals surface area contributed by atoms with Gasteiger partial charge in [0.1, 0.15) is 0 Å². The first-order valence-corrected chi connectivity index (χ1v) is 8.01. The fourth-order valence-corrected chi connectivity index (χ4v) is 3.22. The maximum absolute atomic E-state index is 12.2. The number of hydrogen-bond acceptors (Lipinski definition) is 3. The number of carbonyl (C=O) groups is 1. The van der Waals surface area contributed by atoms with Crippen LogP contribution in [0.4, 0.5) is 5.69 Å².